The number of nitrogens with zero attached hydrogens (tertiary/aromatic N) is 4. The molecule has 5 rings (SSSR count). The Morgan fingerprint density at radius 2 is 1.96 bits per heavy atom. The lowest BCUT2D eigenvalue weighted by atomic mass is 10.0. The van der Waals surface area contributed by atoms with Crippen molar-refractivity contribution < 1.29 is 0 Å². The average molecular weight is 381 g/mol. The Bertz CT molecular complexity index is 930. The van der Waals surface area contributed by atoms with Crippen LogP contribution in [0.4, 0.5) is 5.82 Å². The van der Waals surface area contributed by atoms with Gasteiger partial charge in [0.15, 0.2) is 0 Å². The summed E-state index contributed by atoms with van der Waals surface area (Å²) in [7, 11) is 0. The lowest BCUT2D eigenvalue weighted by Crippen LogP contribution is -2.29. The van der Waals surface area contributed by atoms with Gasteiger partial charge in [-0.2, -0.15) is 5.10 Å². The van der Waals surface area contributed by atoms with E-state index in [1.165, 1.54) is 23.4 Å². The molecule has 7 heteroatoms. The minimum atomic E-state index is 0.479. The van der Waals surface area contributed by atoms with Gasteiger partial charge in [0.2, 0.25) is 0 Å². The number of hydrogen-bond acceptors (Lipinski definition) is 6. The van der Waals surface area contributed by atoms with E-state index in [0.717, 1.165) is 60.5 Å². The van der Waals surface area contributed by atoms with Crippen LogP contribution in [-0.2, 0) is 12.8 Å². The van der Waals surface area contributed by atoms with Gasteiger partial charge in [-0.1, -0.05) is 0 Å². The van der Waals surface area contributed by atoms with Crippen molar-refractivity contribution in [2.75, 3.05) is 18.8 Å². The summed E-state index contributed by atoms with van der Waals surface area (Å²) in [5, 5.41) is 9.01. The number of thiazole rings is 1. The summed E-state index contributed by atoms with van der Waals surface area (Å²) in [4.78, 5) is 10.7. The molecule has 1 saturated heterocycles. The fourth-order valence-corrected chi connectivity index (χ4v) is 5.20. The van der Waals surface area contributed by atoms with Gasteiger partial charge in [-0.15, -0.1) is 11.3 Å². The number of piperidine rings is 1. The van der Waals surface area contributed by atoms with Gasteiger partial charge in [-0.05, 0) is 57.7 Å². The van der Waals surface area contributed by atoms with E-state index < -0.39 is 0 Å². The van der Waals surface area contributed by atoms with Crippen LogP contribution < -0.4 is 11.1 Å². The number of anilines is 1. The molecule has 27 heavy (non-hydrogen) atoms. The van der Waals surface area contributed by atoms with Crippen molar-refractivity contribution in [2.45, 2.75) is 44.6 Å². The van der Waals surface area contributed by atoms with Gasteiger partial charge in [0.05, 0.1) is 23.5 Å². The molecule has 6 nitrogen and oxygen atoms in total. The van der Waals surface area contributed by atoms with Crippen LogP contribution in [0.15, 0.2) is 24.7 Å². The van der Waals surface area contributed by atoms with Crippen LogP contribution in [0, 0.1) is 0 Å². The number of aryl methyl sites for hydroxylation is 2. The number of hydrogen-bond donors (Lipinski definition) is 2. The summed E-state index contributed by atoms with van der Waals surface area (Å²) in [5.74, 6) is 0.551. The van der Waals surface area contributed by atoms with Crippen LogP contribution in [0.5, 0.6) is 0 Å². The number of rotatable bonds is 3. The van der Waals surface area contributed by atoms with E-state index in [4.69, 9.17) is 10.7 Å². The zero-order valence-electron chi connectivity index (χ0n) is 15.3. The van der Waals surface area contributed by atoms with Crippen molar-refractivity contribution in [3.05, 3.63) is 35.2 Å². The fourth-order valence-electron chi connectivity index (χ4n) is 4.03. The van der Waals surface area contributed by atoms with Crippen LogP contribution in [-0.4, -0.2) is 32.8 Å². The molecule has 0 unspecified atom stereocenters. The lowest BCUT2D eigenvalue weighted by Gasteiger charge is -2.22. The van der Waals surface area contributed by atoms with Crippen molar-refractivity contribution >= 4 is 17.2 Å². The second-order valence-electron chi connectivity index (χ2n) is 7.44. The molecule has 3 aromatic rings. The van der Waals surface area contributed by atoms with E-state index in [0.29, 0.717) is 11.9 Å². The normalized spacial score (nSPS) is 17.8. The Balaban J connectivity index is 1.47. The maximum Gasteiger partial charge on any atom is 0.133 e. The van der Waals surface area contributed by atoms with Crippen LogP contribution in [0.25, 0.3) is 21.7 Å². The van der Waals surface area contributed by atoms with Gasteiger partial charge in [0, 0.05) is 28.4 Å². The quantitative estimate of drug-likeness (QED) is 0.727. The van der Waals surface area contributed by atoms with Crippen molar-refractivity contribution in [1.82, 2.24) is 25.1 Å². The Morgan fingerprint density at radius 3 is 2.81 bits per heavy atom. The first kappa shape index (κ1) is 16.9. The van der Waals surface area contributed by atoms with Crippen LogP contribution in [0.3, 0.4) is 0 Å². The molecule has 2 aliphatic rings. The van der Waals surface area contributed by atoms with E-state index >= 15 is 0 Å². The van der Waals surface area contributed by atoms with E-state index in [-0.39, 0.29) is 0 Å². The molecule has 3 aromatic heterocycles. The molecule has 140 valence electrons. The van der Waals surface area contributed by atoms with Crippen molar-refractivity contribution in [3.63, 3.8) is 0 Å². The second-order valence-corrected chi connectivity index (χ2v) is 8.53. The Hall–Kier alpha value is -2.25. The highest BCUT2D eigenvalue weighted by Crippen LogP contribution is 2.36. The van der Waals surface area contributed by atoms with Crippen LogP contribution >= 0.6 is 11.3 Å². The first-order chi connectivity index (χ1) is 13.3. The summed E-state index contributed by atoms with van der Waals surface area (Å²) in [6, 6.07) is 2.60. The predicted molar refractivity (Wildman–Crippen MR) is 109 cm³/mol. The molecule has 4 heterocycles. The molecule has 0 bridgehead atoms. The summed E-state index contributed by atoms with van der Waals surface area (Å²) in [5.41, 5.74) is 10.5. The van der Waals surface area contributed by atoms with Crippen molar-refractivity contribution in [3.8, 4) is 21.7 Å². The molecule has 0 radical (unpaired) electrons. The smallest absolute Gasteiger partial charge is 0.133 e. The first-order valence-corrected chi connectivity index (χ1v) is 10.6. The maximum absolute atomic E-state index is 6.21. The van der Waals surface area contributed by atoms with Gasteiger partial charge < -0.3 is 11.1 Å². The number of nitrogens with one attached hydrogen (secondary N) is 1. The molecular formula is C20H24N6S. The van der Waals surface area contributed by atoms with Gasteiger partial charge >= 0.3 is 0 Å². The Kier molecular flexibility index (Phi) is 4.41. The zero-order valence-corrected chi connectivity index (χ0v) is 16.1. The molecule has 0 spiro atoms. The molecule has 0 saturated carbocycles. The lowest BCUT2D eigenvalue weighted by molar-refractivity contribution is 0.343. The van der Waals surface area contributed by atoms with Crippen LogP contribution in [0.1, 0.15) is 42.3 Å². The third-order valence-corrected chi connectivity index (χ3v) is 6.80. The zero-order chi connectivity index (χ0) is 18.2. The Labute approximate surface area is 162 Å². The SMILES string of the molecule is Nc1ncc(-c2cnn(C3CCNCC3)c2)cc1-c1nc2c(s1)CCCC2. The molecule has 1 aliphatic heterocycles. The van der Waals surface area contributed by atoms with Gasteiger partial charge in [-0.25, -0.2) is 9.97 Å². The predicted octanol–water partition coefficient (Wildman–Crippen LogP) is 3.45. The Morgan fingerprint density at radius 1 is 1.11 bits per heavy atom. The van der Waals surface area contributed by atoms with Gasteiger partial charge in [0.1, 0.15) is 10.8 Å². The number of pyridine rings is 1. The highest BCUT2D eigenvalue weighted by molar-refractivity contribution is 7.15. The third kappa shape index (κ3) is 3.26. The van der Waals surface area contributed by atoms with E-state index in [2.05, 4.69) is 32.3 Å². The largest absolute Gasteiger partial charge is 0.383 e. The van der Waals surface area contributed by atoms with Crippen LogP contribution in [0.2, 0.25) is 0 Å². The topological polar surface area (TPSA) is 81.6 Å². The molecule has 1 fully saturated rings. The third-order valence-electron chi connectivity index (χ3n) is 5.61. The van der Waals surface area contributed by atoms with Gasteiger partial charge in [-0.3, -0.25) is 4.68 Å². The molecule has 1 aliphatic carbocycles. The average Bonchev–Trinajstić information content (AvgIpc) is 3.36. The van der Waals surface area contributed by atoms with E-state index in [1.54, 1.807) is 11.3 Å². The van der Waals surface area contributed by atoms with Gasteiger partial charge in [0.25, 0.3) is 0 Å². The minimum absolute atomic E-state index is 0.479. The number of fused-ring (bicyclic) bond motifs is 1. The highest BCUT2D eigenvalue weighted by Gasteiger charge is 2.19. The molecule has 0 atom stereocenters. The van der Waals surface area contributed by atoms with E-state index in [9.17, 15) is 0 Å². The summed E-state index contributed by atoms with van der Waals surface area (Å²) in [6.07, 6.45) is 12.9. The summed E-state index contributed by atoms with van der Waals surface area (Å²) < 4.78 is 2.11. The summed E-state index contributed by atoms with van der Waals surface area (Å²) in [6.45, 7) is 2.12. The van der Waals surface area contributed by atoms with Crippen molar-refractivity contribution in [1.29, 1.82) is 0 Å². The van der Waals surface area contributed by atoms with Crippen molar-refractivity contribution in [2.24, 2.45) is 0 Å². The maximum atomic E-state index is 6.21. The first-order valence-electron chi connectivity index (χ1n) is 9.77. The highest BCUT2D eigenvalue weighted by atomic mass is 32.1. The summed E-state index contributed by atoms with van der Waals surface area (Å²) >= 11 is 1.78. The number of nitrogen functional groups attached to an aromatic ring is 1. The second kappa shape index (κ2) is 7.05. The molecular weight excluding hydrogens is 356 g/mol. The fraction of sp³-hybridized carbons (Fsp3) is 0.450. The monoisotopic (exact) mass is 380 g/mol. The molecule has 0 amide bonds. The number of nitrogens with two attached hydrogens (primary N) is 1. The number of aromatic nitrogens is 4. The molecule has 0 aromatic carbocycles. The molecule has 3 N–H and O–H groups in total. The standard InChI is InChI=1S/C20H24N6S/c21-19-16(20-25-17-3-1-2-4-18(17)27-20)9-13(10-23-19)14-11-24-26(12-14)15-5-7-22-8-6-15/h9-12,15,22H,1-8H2,(H2,21,23). The minimum Gasteiger partial charge on any atom is -0.383 e. The van der Waals surface area contributed by atoms with E-state index in [1.807, 2.05) is 12.4 Å².